The predicted molar refractivity (Wildman–Crippen MR) is 57.3 cm³/mol. The summed E-state index contributed by atoms with van der Waals surface area (Å²) in [6, 6.07) is 0. The summed E-state index contributed by atoms with van der Waals surface area (Å²) in [6.07, 6.45) is 7.64. The van der Waals surface area contributed by atoms with Crippen LogP contribution in [0.5, 0.6) is 0 Å². The van der Waals surface area contributed by atoms with E-state index in [1.807, 2.05) is 13.8 Å². The van der Waals surface area contributed by atoms with E-state index in [1.54, 1.807) is 7.11 Å². The normalized spacial score (nSPS) is 18.6. The zero-order valence-electron chi connectivity index (χ0n) is 9.43. The molecule has 0 bridgehead atoms. The molecule has 0 fully saturated rings. The lowest BCUT2D eigenvalue weighted by molar-refractivity contribution is -0.133. The molecule has 0 spiro atoms. The number of methoxy groups -OCH3 is 1. The summed E-state index contributed by atoms with van der Waals surface area (Å²) >= 11 is 0. The molecular weight excluding hydrogens is 176 g/mol. The largest absolute Gasteiger partial charge is 0.371 e. The molecule has 0 aromatic rings. The topological polar surface area (TPSA) is 26.3 Å². The number of rotatable bonds is 3. The summed E-state index contributed by atoms with van der Waals surface area (Å²) in [7, 11) is 1.59. The van der Waals surface area contributed by atoms with E-state index in [2.05, 4.69) is 6.08 Å². The maximum Gasteiger partial charge on any atom is 0.189 e. The first-order valence-corrected chi connectivity index (χ1v) is 5.37. The molecule has 0 N–H and O–H groups in total. The molecule has 0 aromatic heterocycles. The van der Waals surface area contributed by atoms with Crippen LogP contribution in [0.3, 0.4) is 0 Å². The van der Waals surface area contributed by atoms with E-state index in [0.29, 0.717) is 0 Å². The number of hydrogen-bond donors (Lipinski definition) is 0. The molecule has 0 aromatic carbocycles. The molecule has 14 heavy (non-hydrogen) atoms. The van der Waals surface area contributed by atoms with Crippen molar-refractivity contribution in [3.8, 4) is 0 Å². The molecule has 1 rings (SSSR count). The van der Waals surface area contributed by atoms with Crippen LogP contribution in [0.1, 0.15) is 46.0 Å². The maximum absolute atomic E-state index is 12.0. The fourth-order valence-corrected chi connectivity index (χ4v) is 1.70. The van der Waals surface area contributed by atoms with Crippen molar-refractivity contribution >= 4 is 5.78 Å². The van der Waals surface area contributed by atoms with Gasteiger partial charge in [-0.3, -0.25) is 4.79 Å². The molecule has 0 saturated heterocycles. The first-order valence-electron chi connectivity index (χ1n) is 5.37. The number of hydrogen-bond acceptors (Lipinski definition) is 2. The Balaban J connectivity index is 2.72. The molecule has 2 nitrogen and oxygen atoms in total. The zero-order chi connectivity index (χ0) is 10.6. The highest BCUT2D eigenvalue weighted by atomic mass is 16.5. The molecule has 0 heterocycles. The van der Waals surface area contributed by atoms with Crippen molar-refractivity contribution in [3.63, 3.8) is 0 Å². The fraction of sp³-hybridized carbons (Fsp3) is 0.750. The van der Waals surface area contributed by atoms with Crippen LogP contribution in [0.25, 0.3) is 0 Å². The average molecular weight is 196 g/mol. The number of allylic oxidation sites excluding steroid dienone is 1. The SMILES string of the molecule is COC(C)(C)C(=O)C1=CCCCCC1. The standard InChI is InChI=1S/C12H20O2/c1-12(2,14-3)11(13)10-8-6-4-5-7-9-10/h8H,4-7,9H2,1-3H3. The minimum atomic E-state index is -0.657. The summed E-state index contributed by atoms with van der Waals surface area (Å²) < 4.78 is 5.20. The average Bonchev–Trinajstić information content (AvgIpc) is 2.44. The second kappa shape index (κ2) is 4.74. The van der Waals surface area contributed by atoms with Gasteiger partial charge in [0, 0.05) is 7.11 Å². The highest BCUT2D eigenvalue weighted by molar-refractivity contribution is 6.01. The van der Waals surface area contributed by atoms with Crippen LogP contribution in [0.4, 0.5) is 0 Å². The van der Waals surface area contributed by atoms with E-state index in [-0.39, 0.29) is 5.78 Å². The molecule has 0 unspecified atom stereocenters. The van der Waals surface area contributed by atoms with Gasteiger partial charge in [0.05, 0.1) is 0 Å². The van der Waals surface area contributed by atoms with Crippen molar-refractivity contribution in [3.05, 3.63) is 11.6 Å². The number of carbonyl (C=O) groups is 1. The van der Waals surface area contributed by atoms with Crippen molar-refractivity contribution in [1.29, 1.82) is 0 Å². The third-order valence-corrected chi connectivity index (χ3v) is 2.89. The van der Waals surface area contributed by atoms with Crippen molar-refractivity contribution in [2.24, 2.45) is 0 Å². The summed E-state index contributed by atoms with van der Waals surface area (Å²) in [6.45, 7) is 3.67. The van der Waals surface area contributed by atoms with Crippen LogP contribution in [-0.2, 0) is 9.53 Å². The second-order valence-corrected chi connectivity index (χ2v) is 4.37. The van der Waals surface area contributed by atoms with Gasteiger partial charge in [0.25, 0.3) is 0 Å². The molecule has 0 radical (unpaired) electrons. The molecule has 0 aliphatic heterocycles. The monoisotopic (exact) mass is 196 g/mol. The van der Waals surface area contributed by atoms with Gasteiger partial charge in [0.15, 0.2) is 5.78 Å². The predicted octanol–water partition coefficient (Wildman–Crippen LogP) is 2.87. The van der Waals surface area contributed by atoms with E-state index in [4.69, 9.17) is 4.74 Å². The van der Waals surface area contributed by atoms with Gasteiger partial charge in [-0.2, -0.15) is 0 Å². The van der Waals surface area contributed by atoms with Crippen molar-refractivity contribution < 1.29 is 9.53 Å². The Bertz CT molecular complexity index is 239. The van der Waals surface area contributed by atoms with Gasteiger partial charge in [0.1, 0.15) is 5.60 Å². The van der Waals surface area contributed by atoms with Crippen LogP contribution in [0.2, 0.25) is 0 Å². The fourth-order valence-electron chi connectivity index (χ4n) is 1.70. The van der Waals surface area contributed by atoms with Gasteiger partial charge >= 0.3 is 0 Å². The van der Waals surface area contributed by atoms with Crippen molar-refractivity contribution in [2.75, 3.05) is 7.11 Å². The Labute approximate surface area is 86.3 Å². The lowest BCUT2D eigenvalue weighted by Crippen LogP contribution is -2.34. The van der Waals surface area contributed by atoms with Gasteiger partial charge in [-0.1, -0.05) is 12.5 Å². The Hall–Kier alpha value is -0.630. The maximum atomic E-state index is 12.0. The molecule has 1 aliphatic carbocycles. The van der Waals surface area contributed by atoms with Crippen LogP contribution in [-0.4, -0.2) is 18.5 Å². The Morgan fingerprint density at radius 3 is 2.71 bits per heavy atom. The van der Waals surface area contributed by atoms with Crippen LogP contribution in [0, 0.1) is 0 Å². The molecular formula is C12H20O2. The van der Waals surface area contributed by atoms with Gasteiger partial charge in [-0.15, -0.1) is 0 Å². The van der Waals surface area contributed by atoms with Gasteiger partial charge in [-0.05, 0) is 45.1 Å². The van der Waals surface area contributed by atoms with Crippen molar-refractivity contribution in [1.82, 2.24) is 0 Å². The molecule has 0 atom stereocenters. The van der Waals surface area contributed by atoms with Crippen LogP contribution in [0.15, 0.2) is 11.6 Å². The third-order valence-electron chi connectivity index (χ3n) is 2.89. The Morgan fingerprint density at radius 2 is 2.07 bits per heavy atom. The second-order valence-electron chi connectivity index (χ2n) is 4.37. The highest BCUT2D eigenvalue weighted by Gasteiger charge is 2.29. The van der Waals surface area contributed by atoms with Crippen LogP contribution >= 0.6 is 0 Å². The Kier molecular flexibility index (Phi) is 3.87. The van der Waals surface area contributed by atoms with E-state index >= 15 is 0 Å². The van der Waals surface area contributed by atoms with Gasteiger partial charge in [-0.25, -0.2) is 0 Å². The smallest absolute Gasteiger partial charge is 0.189 e. The lowest BCUT2D eigenvalue weighted by atomic mass is 9.93. The lowest BCUT2D eigenvalue weighted by Gasteiger charge is -2.22. The molecule has 1 aliphatic rings. The zero-order valence-corrected chi connectivity index (χ0v) is 9.43. The Morgan fingerprint density at radius 1 is 1.36 bits per heavy atom. The highest BCUT2D eigenvalue weighted by Crippen LogP contribution is 2.23. The summed E-state index contributed by atoms with van der Waals surface area (Å²) in [5.41, 5.74) is 0.310. The quantitative estimate of drug-likeness (QED) is 0.693. The van der Waals surface area contributed by atoms with E-state index < -0.39 is 5.60 Å². The summed E-state index contributed by atoms with van der Waals surface area (Å²) in [4.78, 5) is 12.0. The summed E-state index contributed by atoms with van der Waals surface area (Å²) in [5, 5.41) is 0. The van der Waals surface area contributed by atoms with E-state index in [0.717, 1.165) is 24.8 Å². The molecule has 0 saturated carbocycles. The van der Waals surface area contributed by atoms with E-state index in [9.17, 15) is 4.79 Å². The number of carbonyl (C=O) groups excluding carboxylic acids is 1. The summed E-state index contributed by atoms with van der Waals surface area (Å²) in [5.74, 6) is 0.155. The van der Waals surface area contributed by atoms with Crippen LogP contribution < -0.4 is 0 Å². The van der Waals surface area contributed by atoms with E-state index in [1.165, 1.54) is 12.8 Å². The first-order chi connectivity index (χ1) is 6.58. The number of Topliss-reactive ketones (excluding diaryl/α,β-unsaturated/α-hetero) is 1. The van der Waals surface area contributed by atoms with Gasteiger partial charge < -0.3 is 4.74 Å². The molecule has 2 heteroatoms. The minimum Gasteiger partial charge on any atom is -0.371 e. The third kappa shape index (κ3) is 2.68. The van der Waals surface area contributed by atoms with Gasteiger partial charge in [0.2, 0.25) is 0 Å². The minimum absolute atomic E-state index is 0.155. The molecule has 0 amide bonds. The van der Waals surface area contributed by atoms with Crippen molar-refractivity contribution in [2.45, 2.75) is 51.6 Å². The number of ketones is 1. The molecule has 80 valence electrons. The first kappa shape index (κ1) is 11.4. The number of ether oxygens (including phenoxy) is 1.